The number of nitrogens with one attached hydrogen (secondary N) is 1. The molecule has 1 N–H and O–H groups in total. The number of hydrogen-bond donors (Lipinski definition) is 1. The van der Waals surface area contributed by atoms with Gasteiger partial charge in [-0.05, 0) is 24.6 Å². The molecule has 0 fully saturated rings. The van der Waals surface area contributed by atoms with Gasteiger partial charge in [-0.2, -0.15) is 0 Å². The van der Waals surface area contributed by atoms with Gasteiger partial charge in [0.05, 0.1) is 18.7 Å². The molecule has 0 bridgehead atoms. The highest BCUT2D eigenvalue weighted by molar-refractivity contribution is 6.00. The number of likely N-dealkylation sites (N-methyl/N-ethyl adjacent to an activating group) is 2. The van der Waals surface area contributed by atoms with Gasteiger partial charge in [0.2, 0.25) is 5.91 Å². The fraction of sp³-hybridized carbons (Fsp3) is 0.412. The number of carbonyl (C=O) groups is 2. The summed E-state index contributed by atoms with van der Waals surface area (Å²) in [7, 11) is 3.13. The molecule has 0 unspecified atom stereocenters. The highest BCUT2D eigenvalue weighted by atomic mass is 16.5. The molecule has 6 nitrogen and oxygen atoms in total. The Balaban J connectivity index is 2.10. The average molecular weight is 318 g/mol. The molecule has 1 aliphatic rings. The smallest absolute Gasteiger partial charge is 0.253 e. The number of hydrogen-bond acceptors (Lipinski definition) is 4. The molecule has 23 heavy (non-hydrogen) atoms. The topological polar surface area (TPSA) is 67.9 Å². The summed E-state index contributed by atoms with van der Waals surface area (Å²) in [5.74, 6) is 1.02. The first-order chi connectivity index (χ1) is 11.0. The fourth-order valence-electron chi connectivity index (χ4n) is 2.19. The number of carbonyl (C=O) groups excluding carboxylic acids is 2. The van der Waals surface area contributed by atoms with Crippen LogP contribution in [0.4, 0.5) is 0 Å². The number of nitrogens with zero attached hydrogens (tertiary/aromatic N) is 1. The van der Waals surface area contributed by atoms with E-state index in [4.69, 9.17) is 9.47 Å². The molecule has 1 heterocycles. The molecule has 0 radical (unpaired) electrons. The van der Waals surface area contributed by atoms with E-state index in [1.165, 1.54) is 11.9 Å². The molecule has 0 spiro atoms. The van der Waals surface area contributed by atoms with Gasteiger partial charge in [0.15, 0.2) is 0 Å². The van der Waals surface area contributed by atoms with Crippen molar-refractivity contribution in [2.24, 2.45) is 0 Å². The summed E-state index contributed by atoms with van der Waals surface area (Å²) in [5.41, 5.74) is 1.35. The van der Waals surface area contributed by atoms with Gasteiger partial charge >= 0.3 is 0 Å². The summed E-state index contributed by atoms with van der Waals surface area (Å²) in [6.45, 7) is 2.90. The minimum atomic E-state index is -0.217. The maximum absolute atomic E-state index is 12.3. The van der Waals surface area contributed by atoms with Gasteiger partial charge in [-0.1, -0.05) is 6.92 Å². The Morgan fingerprint density at radius 1 is 1.39 bits per heavy atom. The molecule has 1 aromatic rings. The lowest BCUT2D eigenvalue weighted by molar-refractivity contribution is -0.131. The van der Waals surface area contributed by atoms with E-state index in [0.717, 1.165) is 17.7 Å². The number of ether oxygens (including phenoxy) is 2. The summed E-state index contributed by atoms with van der Waals surface area (Å²) in [4.78, 5) is 25.1. The van der Waals surface area contributed by atoms with Crippen LogP contribution >= 0.6 is 0 Å². The summed E-state index contributed by atoms with van der Waals surface area (Å²) in [6, 6.07) is 5.55. The van der Waals surface area contributed by atoms with E-state index in [2.05, 4.69) is 5.32 Å². The number of benzene rings is 1. The van der Waals surface area contributed by atoms with Crippen LogP contribution in [-0.2, 0) is 9.59 Å². The van der Waals surface area contributed by atoms with E-state index in [0.29, 0.717) is 17.9 Å². The number of fused-ring (bicyclic) bond motifs is 1. The quantitative estimate of drug-likeness (QED) is 0.862. The van der Waals surface area contributed by atoms with Crippen molar-refractivity contribution in [3.63, 3.8) is 0 Å². The lowest BCUT2D eigenvalue weighted by Gasteiger charge is -2.22. The molecule has 0 aromatic heterocycles. The third-order valence-corrected chi connectivity index (χ3v) is 3.45. The molecule has 0 saturated carbocycles. The molecule has 124 valence electrons. The maximum Gasteiger partial charge on any atom is 0.253 e. The van der Waals surface area contributed by atoms with Crippen LogP contribution in [0.1, 0.15) is 18.9 Å². The van der Waals surface area contributed by atoms with E-state index in [1.54, 1.807) is 13.1 Å². The van der Waals surface area contributed by atoms with Gasteiger partial charge in [-0.3, -0.25) is 9.59 Å². The zero-order valence-electron chi connectivity index (χ0n) is 13.7. The van der Waals surface area contributed by atoms with Gasteiger partial charge in [0, 0.05) is 25.7 Å². The predicted octanol–water partition coefficient (Wildman–Crippen LogP) is 1.46. The van der Waals surface area contributed by atoms with Gasteiger partial charge in [-0.15, -0.1) is 0 Å². The van der Waals surface area contributed by atoms with Crippen LogP contribution in [0.5, 0.6) is 11.5 Å². The van der Waals surface area contributed by atoms with Crippen LogP contribution in [0.15, 0.2) is 23.8 Å². The van der Waals surface area contributed by atoms with Gasteiger partial charge in [0.1, 0.15) is 18.1 Å². The molecule has 0 aliphatic carbocycles. The Hall–Kier alpha value is -2.50. The standard InChI is InChI=1S/C17H22N2O4/c1-4-7-22-14-6-5-12-8-13(11-23-15(12)9-14)17(21)19(3)10-16(20)18-2/h5-6,8-9H,4,7,10-11H2,1-3H3,(H,18,20). The second kappa shape index (κ2) is 7.67. The molecule has 0 saturated heterocycles. The second-order valence-electron chi connectivity index (χ2n) is 5.34. The lowest BCUT2D eigenvalue weighted by atomic mass is 10.1. The Kier molecular flexibility index (Phi) is 5.62. The van der Waals surface area contributed by atoms with Crippen LogP contribution < -0.4 is 14.8 Å². The third kappa shape index (κ3) is 4.25. The van der Waals surface area contributed by atoms with Crippen molar-refractivity contribution in [3.05, 3.63) is 29.3 Å². The molecule has 0 atom stereocenters. The van der Waals surface area contributed by atoms with Gasteiger partial charge in [-0.25, -0.2) is 0 Å². The molecule has 6 heteroatoms. The van der Waals surface area contributed by atoms with Crippen molar-refractivity contribution in [1.29, 1.82) is 0 Å². The summed E-state index contributed by atoms with van der Waals surface area (Å²) < 4.78 is 11.2. The predicted molar refractivity (Wildman–Crippen MR) is 87.4 cm³/mol. The zero-order valence-corrected chi connectivity index (χ0v) is 13.7. The zero-order chi connectivity index (χ0) is 16.8. The van der Waals surface area contributed by atoms with Crippen LogP contribution in [0.3, 0.4) is 0 Å². The highest BCUT2D eigenvalue weighted by Crippen LogP contribution is 2.30. The van der Waals surface area contributed by atoms with E-state index in [9.17, 15) is 9.59 Å². The van der Waals surface area contributed by atoms with Crippen LogP contribution in [0.25, 0.3) is 6.08 Å². The minimum absolute atomic E-state index is 0.0172. The van der Waals surface area contributed by atoms with Crippen molar-refractivity contribution in [3.8, 4) is 11.5 Å². The monoisotopic (exact) mass is 318 g/mol. The van der Waals surface area contributed by atoms with Crippen molar-refractivity contribution in [2.75, 3.05) is 33.9 Å². The lowest BCUT2D eigenvalue weighted by Crippen LogP contribution is -2.38. The van der Waals surface area contributed by atoms with E-state index >= 15 is 0 Å². The molecule has 2 rings (SSSR count). The average Bonchev–Trinajstić information content (AvgIpc) is 2.58. The van der Waals surface area contributed by atoms with E-state index in [-0.39, 0.29) is 25.0 Å². The van der Waals surface area contributed by atoms with Crippen LogP contribution in [-0.4, -0.2) is 50.6 Å². The van der Waals surface area contributed by atoms with Crippen LogP contribution in [0.2, 0.25) is 0 Å². The maximum atomic E-state index is 12.3. The number of amides is 2. The van der Waals surface area contributed by atoms with Crippen molar-refractivity contribution >= 4 is 17.9 Å². The first-order valence-electron chi connectivity index (χ1n) is 7.61. The fourth-order valence-corrected chi connectivity index (χ4v) is 2.19. The number of rotatable bonds is 6. The third-order valence-electron chi connectivity index (χ3n) is 3.45. The first kappa shape index (κ1) is 16.9. The molecule has 2 amide bonds. The normalized spacial score (nSPS) is 12.6. The van der Waals surface area contributed by atoms with Gasteiger partial charge < -0.3 is 19.7 Å². The van der Waals surface area contributed by atoms with Crippen molar-refractivity contribution in [2.45, 2.75) is 13.3 Å². The minimum Gasteiger partial charge on any atom is -0.493 e. The Morgan fingerprint density at radius 2 is 2.17 bits per heavy atom. The molecular formula is C17H22N2O4. The molecular weight excluding hydrogens is 296 g/mol. The first-order valence-corrected chi connectivity index (χ1v) is 7.61. The van der Waals surface area contributed by atoms with E-state index in [1.807, 2.05) is 25.1 Å². The van der Waals surface area contributed by atoms with Crippen molar-refractivity contribution in [1.82, 2.24) is 10.2 Å². The second-order valence-corrected chi connectivity index (χ2v) is 5.34. The van der Waals surface area contributed by atoms with E-state index < -0.39 is 0 Å². The SMILES string of the molecule is CCCOc1ccc2c(c1)OCC(C(=O)N(C)CC(=O)NC)=C2. The molecule has 1 aliphatic heterocycles. The Morgan fingerprint density at radius 3 is 2.87 bits per heavy atom. The highest BCUT2D eigenvalue weighted by Gasteiger charge is 2.21. The Bertz CT molecular complexity index is 625. The van der Waals surface area contributed by atoms with Gasteiger partial charge in [0.25, 0.3) is 5.91 Å². The van der Waals surface area contributed by atoms with Crippen LogP contribution in [0, 0.1) is 0 Å². The van der Waals surface area contributed by atoms with Crippen molar-refractivity contribution < 1.29 is 19.1 Å². The Labute approximate surface area is 136 Å². The summed E-state index contributed by atoms with van der Waals surface area (Å²) >= 11 is 0. The summed E-state index contributed by atoms with van der Waals surface area (Å²) in [6.07, 6.45) is 2.74. The molecule has 1 aromatic carbocycles. The largest absolute Gasteiger partial charge is 0.493 e. The summed E-state index contributed by atoms with van der Waals surface area (Å²) in [5, 5.41) is 2.49.